The lowest BCUT2D eigenvalue weighted by atomic mass is 9.86. The van der Waals surface area contributed by atoms with Crippen molar-refractivity contribution in [2.75, 3.05) is 6.61 Å². The average Bonchev–Trinajstić information content (AvgIpc) is 2.15. The third kappa shape index (κ3) is 2.82. The molecule has 0 aliphatic heterocycles. The Kier molecular flexibility index (Phi) is 4.63. The zero-order valence-electron chi connectivity index (χ0n) is 8.70. The van der Waals surface area contributed by atoms with Crippen molar-refractivity contribution in [3.63, 3.8) is 0 Å². The van der Waals surface area contributed by atoms with E-state index in [9.17, 15) is 0 Å². The van der Waals surface area contributed by atoms with Crippen LogP contribution in [0.15, 0.2) is 28.7 Å². The zero-order chi connectivity index (χ0) is 10.6. The molecule has 1 unspecified atom stereocenters. The second-order valence-corrected chi connectivity index (χ2v) is 4.74. The zero-order valence-corrected chi connectivity index (χ0v) is 10.3. The second-order valence-electron chi connectivity index (χ2n) is 3.88. The molecule has 0 spiro atoms. The van der Waals surface area contributed by atoms with Gasteiger partial charge in [-0.15, -0.1) is 0 Å². The molecule has 1 N–H and O–H groups in total. The van der Waals surface area contributed by atoms with Crippen LogP contribution in [0.2, 0.25) is 0 Å². The molecular formula is C12H17BrO. The molecule has 1 nitrogen and oxygen atoms in total. The van der Waals surface area contributed by atoms with E-state index in [2.05, 4.69) is 41.9 Å². The summed E-state index contributed by atoms with van der Waals surface area (Å²) in [5.74, 6) is 0.997. The van der Waals surface area contributed by atoms with Crippen LogP contribution in [-0.2, 0) is 0 Å². The molecular weight excluding hydrogens is 240 g/mol. The maximum absolute atomic E-state index is 9.02. The van der Waals surface area contributed by atoms with Crippen LogP contribution in [0.4, 0.5) is 0 Å². The highest BCUT2D eigenvalue weighted by Gasteiger charge is 2.16. The maximum atomic E-state index is 9.02. The van der Waals surface area contributed by atoms with E-state index in [0.717, 1.165) is 10.9 Å². The predicted octanol–water partition coefficient (Wildman–Crippen LogP) is 3.57. The summed E-state index contributed by atoms with van der Waals surface area (Å²) in [6, 6.07) is 8.25. The Labute approximate surface area is 94.3 Å². The molecule has 2 heteroatoms. The molecule has 78 valence electrons. The number of aliphatic hydroxyl groups excluding tert-OH is 1. The normalized spacial score (nSPS) is 13.2. The van der Waals surface area contributed by atoms with E-state index in [1.165, 1.54) is 5.56 Å². The molecule has 1 rings (SSSR count). The number of halogens is 1. The first kappa shape index (κ1) is 11.7. The molecule has 0 amide bonds. The van der Waals surface area contributed by atoms with Crippen LogP contribution < -0.4 is 0 Å². The highest BCUT2D eigenvalue weighted by Crippen LogP contribution is 2.32. The molecule has 0 heterocycles. The fourth-order valence-electron chi connectivity index (χ4n) is 1.76. The Morgan fingerprint density at radius 2 is 1.93 bits per heavy atom. The minimum absolute atomic E-state index is 0.254. The van der Waals surface area contributed by atoms with Crippen LogP contribution in [-0.4, -0.2) is 11.7 Å². The van der Waals surface area contributed by atoms with Crippen LogP contribution >= 0.6 is 15.9 Å². The molecule has 1 aromatic rings. The molecule has 0 saturated carbocycles. The van der Waals surface area contributed by atoms with Crippen molar-refractivity contribution >= 4 is 15.9 Å². The summed E-state index contributed by atoms with van der Waals surface area (Å²) in [6.07, 6.45) is 0.834. The van der Waals surface area contributed by atoms with Crippen LogP contribution in [0.5, 0.6) is 0 Å². The maximum Gasteiger partial charge on any atom is 0.0436 e. The fraction of sp³-hybridized carbons (Fsp3) is 0.500. The number of rotatable bonds is 4. The van der Waals surface area contributed by atoms with Crippen molar-refractivity contribution in [2.45, 2.75) is 26.2 Å². The van der Waals surface area contributed by atoms with Crippen LogP contribution in [0, 0.1) is 5.92 Å². The van der Waals surface area contributed by atoms with Crippen molar-refractivity contribution in [1.29, 1.82) is 0 Å². The monoisotopic (exact) mass is 256 g/mol. The van der Waals surface area contributed by atoms with Gasteiger partial charge in [-0.05, 0) is 29.9 Å². The number of benzene rings is 1. The van der Waals surface area contributed by atoms with E-state index in [1.54, 1.807) is 0 Å². The van der Waals surface area contributed by atoms with Gasteiger partial charge in [-0.2, -0.15) is 0 Å². The second kappa shape index (κ2) is 5.52. The SMILES string of the molecule is CC(C)C(CCO)c1ccccc1Br. The van der Waals surface area contributed by atoms with Gasteiger partial charge in [0.2, 0.25) is 0 Å². The van der Waals surface area contributed by atoms with Crippen molar-refractivity contribution in [1.82, 2.24) is 0 Å². The summed E-state index contributed by atoms with van der Waals surface area (Å²) in [5, 5.41) is 9.02. The molecule has 0 aliphatic rings. The van der Waals surface area contributed by atoms with Crippen LogP contribution in [0.1, 0.15) is 31.7 Å². The molecule has 0 aromatic heterocycles. The standard InChI is InChI=1S/C12H17BrO/c1-9(2)10(7-8-14)11-5-3-4-6-12(11)13/h3-6,9-10,14H,7-8H2,1-2H3. The molecule has 0 radical (unpaired) electrons. The summed E-state index contributed by atoms with van der Waals surface area (Å²) >= 11 is 3.55. The Balaban J connectivity index is 2.93. The van der Waals surface area contributed by atoms with Crippen molar-refractivity contribution in [3.05, 3.63) is 34.3 Å². The van der Waals surface area contributed by atoms with E-state index in [-0.39, 0.29) is 6.61 Å². The third-order valence-electron chi connectivity index (χ3n) is 2.55. The van der Waals surface area contributed by atoms with Crippen LogP contribution in [0.3, 0.4) is 0 Å². The van der Waals surface area contributed by atoms with Crippen LogP contribution in [0.25, 0.3) is 0 Å². The molecule has 0 bridgehead atoms. The van der Waals surface area contributed by atoms with Crippen molar-refractivity contribution < 1.29 is 5.11 Å². The van der Waals surface area contributed by atoms with Gasteiger partial charge >= 0.3 is 0 Å². The fourth-order valence-corrected chi connectivity index (χ4v) is 2.34. The van der Waals surface area contributed by atoms with Crippen molar-refractivity contribution in [3.8, 4) is 0 Å². The van der Waals surface area contributed by atoms with E-state index in [4.69, 9.17) is 5.11 Å². The molecule has 14 heavy (non-hydrogen) atoms. The largest absolute Gasteiger partial charge is 0.396 e. The van der Waals surface area contributed by atoms with E-state index in [0.29, 0.717) is 11.8 Å². The lowest BCUT2D eigenvalue weighted by molar-refractivity contribution is 0.261. The Morgan fingerprint density at radius 1 is 1.29 bits per heavy atom. The molecule has 0 aliphatic carbocycles. The van der Waals surface area contributed by atoms with Gasteiger partial charge in [0.15, 0.2) is 0 Å². The Morgan fingerprint density at radius 3 is 2.43 bits per heavy atom. The van der Waals surface area contributed by atoms with Gasteiger partial charge in [-0.3, -0.25) is 0 Å². The summed E-state index contributed by atoms with van der Waals surface area (Å²) < 4.78 is 1.15. The van der Waals surface area contributed by atoms with Gasteiger partial charge in [0.1, 0.15) is 0 Å². The topological polar surface area (TPSA) is 20.2 Å². The number of hydrogen-bond donors (Lipinski definition) is 1. The van der Waals surface area contributed by atoms with E-state index >= 15 is 0 Å². The summed E-state index contributed by atoms with van der Waals surface area (Å²) in [6.45, 7) is 4.64. The van der Waals surface area contributed by atoms with E-state index in [1.807, 2.05) is 12.1 Å². The van der Waals surface area contributed by atoms with Gasteiger partial charge in [-0.25, -0.2) is 0 Å². The van der Waals surface area contributed by atoms with Gasteiger partial charge in [0.05, 0.1) is 0 Å². The number of hydrogen-bond acceptors (Lipinski definition) is 1. The highest BCUT2D eigenvalue weighted by atomic mass is 79.9. The number of aliphatic hydroxyl groups is 1. The van der Waals surface area contributed by atoms with Gasteiger partial charge in [0, 0.05) is 11.1 Å². The van der Waals surface area contributed by atoms with Gasteiger partial charge < -0.3 is 5.11 Å². The Hall–Kier alpha value is -0.340. The average molecular weight is 257 g/mol. The minimum Gasteiger partial charge on any atom is -0.396 e. The summed E-state index contributed by atoms with van der Waals surface area (Å²) in [7, 11) is 0. The summed E-state index contributed by atoms with van der Waals surface area (Å²) in [4.78, 5) is 0. The molecule has 1 atom stereocenters. The molecule has 0 fully saturated rings. The van der Waals surface area contributed by atoms with E-state index < -0.39 is 0 Å². The molecule has 0 saturated heterocycles. The Bertz CT molecular complexity index is 283. The smallest absolute Gasteiger partial charge is 0.0436 e. The predicted molar refractivity (Wildman–Crippen MR) is 63.4 cm³/mol. The lowest BCUT2D eigenvalue weighted by Crippen LogP contribution is -2.09. The first-order valence-corrected chi connectivity index (χ1v) is 5.81. The van der Waals surface area contributed by atoms with Crippen molar-refractivity contribution in [2.24, 2.45) is 5.92 Å². The quantitative estimate of drug-likeness (QED) is 0.874. The first-order valence-electron chi connectivity index (χ1n) is 5.02. The highest BCUT2D eigenvalue weighted by molar-refractivity contribution is 9.10. The lowest BCUT2D eigenvalue weighted by Gasteiger charge is -2.21. The third-order valence-corrected chi connectivity index (χ3v) is 3.27. The van der Waals surface area contributed by atoms with Gasteiger partial charge in [-0.1, -0.05) is 48.0 Å². The van der Waals surface area contributed by atoms with Gasteiger partial charge in [0.25, 0.3) is 0 Å². The first-order chi connectivity index (χ1) is 6.66. The minimum atomic E-state index is 0.254. The summed E-state index contributed by atoms with van der Waals surface area (Å²) in [5.41, 5.74) is 1.30. The molecule has 1 aromatic carbocycles.